The topological polar surface area (TPSA) is 45.9 Å². The zero-order valence-corrected chi connectivity index (χ0v) is 19.4. The molecule has 1 aliphatic rings. The minimum absolute atomic E-state index is 0.760. The van der Waals surface area contributed by atoms with E-state index in [9.17, 15) is 0 Å². The van der Waals surface area contributed by atoms with E-state index in [0.717, 1.165) is 74.0 Å². The molecule has 5 rings (SSSR count). The smallest absolute Gasteiger partial charge is 0.154 e. The summed E-state index contributed by atoms with van der Waals surface area (Å²) in [7, 11) is 0. The first-order valence-corrected chi connectivity index (χ1v) is 11.9. The lowest BCUT2D eigenvalue weighted by molar-refractivity contribution is 0.309. The number of anilines is 2. The summed E-state index contributed by atoms with van der Waals surface area (Å²) in [5.74, 6) is 1.91. The van der Waals surface area contributed by atoms with Gasteiger partial charge in [0.15, 0.2) is 5.82 Å². The Labute approximate surface area is 195 Å². The maximum absolute atomic E-state index is 5.79. The second-order valence-electron chi connectivity index (χ2n) is 8.65. The van der Waals surface area contributed by atoms with E-state index in [2.05, 4.69) is 66.1 Å². The van der Waals surface area contributed by atoms with Gasteiger partial charge in [-0.2, -0.15) is 5.10 Å². The summed E-state index contributed by atoms with van der Waals surface area (Å²) in [5.41, 5.74) is 5.66. The van der Waals surface area contributed by atoms with Gasteiger partial charge in [-0.1, -0.05) is 31.0 Å². The predicted octanol–water partition coefficient (Wildman–Crippen LogP) is 5.21. The maximum atomic E-state index is 5.79. The van der Waals surface area contributed by atoms with Crippen LogP contribution >= 0.6 is 0 Å². The van der Waals surface area contributed by atoms with Crippen LogP contribution in [0.2, 0.25) is 0 Å². The Hall–Kier alpha value is -3.54. The van der Waals surface area contributed by atoms with Crippen LogP contribution < -0.4 is 14.5 Å². The number of aryl methyl sites for hydroxylation is 1. The summed E-state index contributed by atoms with van der Waals surface area (Å²) in [5, 5.41) is 4.81. The van der Waals surface area contributed by atoms with Gasteiger partial charge < -0.3 is 14.5 Å². The SMILES string of the molecule is CCCCOc1ccc(-c2cc3c(N4CCN(c5ccc(C)cc5)CC4)nccn3n2)cc1. The van der Waals surface area contributed by atoms with Crippen LogP contribution in [0.5, 0.6) is 5.75 Å². The molecule has 170 valence electrons. The van der Waals surface area contributed by atoms with Crippen molar-refractivity contribution in [3.05, 3.63) is 72.6 Å². The molecule has 33 heavy (non-hydrogen) atoms. The van der Waals surface area contributed by atoms with Crippen molar-refractivity contribution >= 4 is 17.0 Å². The Morgan fingerprint density at radius 1 is 0.909 bits per heavy atom. The van der Waals surface area contributed by atoms with E-state index in [-0.39, 0.29) is 0 Å². The van der Waals surface area contributed by atoms with Gasteiger partial charge in [-0.25, -0.2) is 9.50 Å². The van der Waals surface area contributed by atoms with E-state index in [0.29, 0.717) is 0 Å². The third-order valence-corrected chi connectivity index (χ3v) is 6.26. The van der Waals surface area contributed by atoms with Gasteiger partial charge in [-0.3, -0.25) is 0 Å². The summed E-state index contributed by atoms with van der Waals surface area (Å²) in [6.45, 7) is 8.89. The first kappa shape index (κ1) is 21.3. The van der Waals surface area contributed by atoms with Crippen LogP contribution in [-0.4, -0.2) is 47.4 Å². The molecule has 0 aliphatic carbocycles. The zero-order valence-electron chi connectivity index (χ0n) is 19.4. The first-order valence-electron chi connectivity index (χ1n) is 11.9. The van der Waals surface area contributed by atoms with Gasteiger partial charge in [0.1, 0.15) is 11.3 Å². The fourth-order valence-electron chi connectivity index (χ4n) is 4.28. The molecule has 0 N–H and O–H groups in total. The van der Waals surface area contributed by atoms with Crippen molar-refractivity contribution in [1.82, 2.24) is 14.6 Å². The van der Waals surface area contributed by atoms with Crippen LogP contribution in [0, 0.1) is 6.92 Å². The van der Waals surface area contributed by atoms with E-state index in [1.165, 1.54) is 11.3 Å². The number of nitrogens with zero attached hydrogens (tertiary/aromatic N) is 5. The highest BCUT2D eigenvalue weighted by molar-refractivity contribution is 5.75. The Bertz CT molecular complexity index is 1190. The lowest BCUT2D eigenvalue weighted by Crippen LogP contribution is -2.47. The molecule has 2 aromatic carbocycles. The number of rotatable bonds is 7. The molecule has 1 fully saturated rings. The Kier molecular flexibility index (Phi) is 6.15. The van der Waals surface area contributed by atoms with Gasteiger partial charge in [-0.05, 0) is 55.8 Å². The molecule has 0 amide bonds. The van der Waals surface area contributed by atoms with Gasteiger partial charge in [0, 0.05) is 49.8 Å². The average Bonchev–Trinajstić information content (AvgIpc) is 3.30. The molecule has 0 radical (unpaired) electrons. The molecule has 2 aromatic heterocycles. The molecule has 4 aromatic rings. The molecule has 0 spiro atoms. The van der Waals surface area contributed by atoms with Crippen molar-refractivity contribution in [2.24, 2.45) is 0 Å². The summed E-state index contributed by atoms with van der Waals surface area (Å²) in [4.78, 5) is 9.55. The monoisotopic (exact) mass is 441 g/mol. The number of ether oxygens (including phenoxy) is 1. The third kappa shape index (κ3) is 4.65. The zero-order chi connectivity index (χ0) is 22.6. The number of hydrogen-bond donors (Lipinski definition) is 0. The number of fused-ring (bicyclic) bond motifs is 1. The molecular weight excluding hydrogens is 410 g/mol. The van der Waals surface area contributed by atoms with Gasteiger partial charge in [0.25, 0.3) is 0 Å². The highest BCUT2D eigenvalue weighted by Gasteiger charge is 2.21. The maximum Gasteiger partial charge on any atom is 0.154 e. The number of piperazine rings is 1. The first-order chi connectivity index (χ1) is 16.2. The molecule has 1 saturated heterocycles. The minimum atomic E-state index is 0.760. The van der Waals surface area contributed by atoms with Crippen molar-refractivity contribution in [3.8, 4) is 17.0 Å². The summed E-state index contributed by atoms with van der Waals surface area (Å²) in [6, 6.07) is 19.1. The van der Waals surface area contributed by atoms with Crippen LogP contribution in [0.1, 0.15) is 25.3 Å². The van der Waals surface area contributed by atoms with Crippen molar-refractivity contribution < 1.29 is 4.74 Å². The van der Waals surface area contributed by atoms with E-state index in [1.54, 1.807) is 0 Å². The third-order valence-electron chi connectivity index (χ3n) is 6.26. The molecule has 0 unspecified atom stereocenters. The van der Waals surface area contributed by atoms with Crippen molar-refractivity contribution in [2.45, 2.75) is 26.7 Å². The number of unbranched alkanes of at least 4 members (excludes halogenated alkanes) is 1. The van der Waals surface area contributed by atoms with Crippen LogP contribution in [0.4, 0.5) is 11.5 Å². The summed E-state index contributed by atoms with van der Waals surface area (Å²) >= 11 is 0. The lowest BCUT2D eigenvalue weighted by Gasteiger charge is -2.36. The minimum Gasteiger partial charge on any atom is -0.494 e. The van der Waals surface area contributed by atoms with Gasteiger partial charge in [0.2, 0.25) is 0 Å². The Morgan fingerprint density at radius 3 is 2.36 bits per heavy atom. The van der Waals surface area contributed by atoms with Crippen molar-refractivity contribution in [2.75, 3.05) is 42.6 Å². The van der Waals surface area contributed by atoms with Crippen LogP contribution in [0.25, 0.3) is 16.8 Å². The molecule has 0 saturated carbocycles. The molecule has 1 aliphatic heterocycles. The largest absolute Gasteiger partial charge is 0.494 e. The number of benzene rings is 2. The van der Waals surface area contributed by atoms with E-state index in [1.807, 2.05) is 29.0 Å². The van der Waals surface area contributed by atoms with Crippen LogP contribution in [0.3, 0.4) is 0 Å². The molecular formula is C27H31N5O. The fourth-order valence-corrected chi connectivity index (χ4v) is 4.28. The predicted molar refractivity (Wildman–Crippen MR) is 134 cm³/mol. The Balaban J connectivity index is 1.32. The molecule has 0 bridgehead atoms. The molecule has 6 nitrogen and oxygen atoms in total. The highest BCUT2D eigenvalue weighted by atomic mass is 16.5. The van der Waals surface area contributed by atoms with Crippen LogP contribution in [-0.2, 0) is 0 Å². The summed E-state index contributed by atoms with van der Waals surface area (Å²) in [6.07, 6.45) is 5.98. The highest BCUT2D eigenvalue weighted by Crippen LogP contribution is 2.28. The van der Waals surface area contributed by atoms with Gasteiger partial charge >= 0.3 is 0 Å². The second kappa shape index (κ2) is 9.53. The van der Waals surface area contributed by atoms with Gasteiger partial charge in [-0.15, -0.1) is 0 Å². The average molecular weight is 442 g/mol. The van der Waals surface area contributed by atoms with E-state index >= 15 is 0 Å². The van der Waals surface area contributed by atoms with E-state index < -0.39 is 0 Å². The van der Waals surface area contributed by atoms with E-state index in [4.69, 9.17) is 14.8 Å². The quantitative estimate of drug-likeness (QED) is 0.369. The Morgan fingerprint density at radius 2 is 1.64 bits per heavy atom. The van der Waals surface area contributed by atoms with Crippen molar-refractivity contribution in [1.29, 1.82) is 0 Å². The standard InChI is InChI=1S/C27H31N5O/c1-3-4-19-33-24-11-7-22(8-12-24)25-20-26-27(28-13-14-32(26)29-25)31-17-15-30(16-18-31)23-9-5-21(2)6-10-23/h5-14,20H,3-4,15-19H2,1-2H3. The normalized spacial score (nSPS) is 14.1. The van der Waals surface area contributed by atoms with Crippen LogP contribution in [0.15, 0.2) is 67.0 Å². The second-order valence-corrected chi connectivity index (χ2v) is 8.65. The number of hydrogen-bond acceptors (Lipinski definition) is 5. The van der Waals surface area contributed by atoms with Gasteiger partial charge in [0.05, 0.1) is 12.3 Å². The molecule has 6 heteroatoms. The lowest BCUT2D eigenvalue weighted by atomic mass is 10.1. The molecule has 0 atom stereocenters. The fraction of sp³-hybridized carbons (Fsp3) is 0.333. The molecule has 3 heterocycles. The van der Waals surface area contributed by atoms with Crippen molar-refractivity contribution in [3.63, 3.8) is 0 Å². The summed E-state index contributed by atoms with van der Waals surface area (Å²) < 4.78 is 7.73. The number of aromatic nitrogens is 3.